The molecule has 0 unspecified atom stereocenters. The molecule has 0 aliphatic carbocycles. The highest BCUT2D eigenvalue weighted by atomic mass is 16.5. The van der Waals surface area contributed by atoms with Gasteiger partial charge in [-0.15, -0.1) is 0 Å². The first-order valence-corrected chi connectivity index (χ1v) is 5.95. The van der Waals surface area contributed by atoms with Crippen LogP contribution in [0.5, 0.6) is 0 Å². The summed E-state index contributed by atoms with van der Waals surface area (Å²) in [5.74, 6) is 4.54. The Balaban J connectivity index is 2.73. The third-order valence-corrected chi connectivity index (χ3v) is 2.52. The molecule has 1 heterocycles. The smallest absolute Gasteiger partial charge is 0.307 e. The minimum atomic E-state index is -0.370. The van der Waals surface area contributed by atoms with Crippen molar-refractivity contribution in [3.05, 3.63) is 29.6 Å². The normalized spacial score (nSPS) is 9.35. The number of carbonyl (C=O) groups is 2. The van der Waals surface area contributed by atoms with Gasteiger partial charge in [-0.2, -0.15) is 0 Å². The number of hydrogen-bond acceptors (Lipinski definition) is 5. The van der Waals surface area contributed by atoms with Crippen LogP contribution in [0.3, 0.4) is 0 Å². The lowest BCUT2D eigenvalue weighted by Crippen LogP contribution is -2.29. The zero-order valence-electron chi connectivity index (χ0n) is 11.4. The van der Waals surface area contributed by atoms with E-state index in [-0.39, 0.29) is 31.4 Å². The molecule has 1 rings (SSSR count). The van der Waals surface area contributed by atoms with E-state index in [1.807, 2.05) is 0 Å². The lowest BCUT2D eigenvalue weighted by atomic mass is 10.2. The highest BCUT2D eigenvalue weighted by Gasteiger charge is 2.13. The van der Waals surface area contributed by atoms with E-state index in [2.05, 4.69) is 21.6 Å². The first-order valence-electron chi connectivity index (χ1n) is 5.95. The fourth-order valence-corrected chi connectivity index (χ4v) is 1.45. The van der Waals surface area contributed by atoms with Crippen molar-refractivity contribution in [2.45, 2.75) is 6.42 Å². The third kappa shape index (κ3) is 4.71. The predicted octanol–water partition coefficient (Wildman–Crippen LogP) is 0.0605. The highest BCUT2D eigenvalue weighted by Crippen LogP contribution is 2.05. The molecule has 20 heavy (non-hydrogen) atoms. The van der Waals surface area contributed by atoms with Gasteiger partial charge in [-0.3, -0.25) is 14.6 Å². The van der Waals surface area contributed by atoms with Crippen molar-refractivity contribution < 1.29 is 19.4 Å². The molecule has 0 fully saturated rings. The summed E-state index contributed by atoms with van der Waals surface area (Å²) in [7, 11) is 2.90. The lowest BCUT2D eigenvalue weighted by Gasteiger charge is -2.16. The summed E-state index contributed by atoms with van der Waals surface area (Å²) >= 11 is 0. The SMILES string of the molecule is COC(=O)CCN(C)C(=O)c1cncc(C#CCO)c1. The van der Waals surface area contributed by atoms with E-state index in [1.165, 1.54) is 24.4 Å². The van der Waals surface area contributed by atoms with Gasteiger partial charge in [0.25, 0.3) is 5.91 Å². The first kappa shape index (κ1) is 15.7. The Kier molecular flexibility index (Phi) is 6.20. The highest BCUT2D eigenvalue weighted by molar-refractivity contribution is 5.94. The Morgan fingerprint density at radius 2 is 2.20 bits per heavy atom. The van der Waals surface area contributed by atoms with Crippen molar-refractivity contribution in [2.24, 2.45) is 0 Å². The van der Waals surface area contributed by atoms with Gasteiger partial charge in [0, 0.05) is 31.5 Å². The van der Waals surface area contributed by atoms with Gasteiger partial charge in [0.1, 0.15) is 6.61 Å². The van der Waals surface area contributed by atoms with Crippen molar-refractivity contribution in [3.8, 4) is 11.8 Å². The number of pyridine rings is 1. The second-order valence-corrected chi connectivity index (χ2v) is 3.98. The van der Waals surface area contributed by atoms with E-state index in [9.17, 15) is 9.59 Å². The van der Waals surface area contributed by atoms with Gasteiger partial charge in [0.15, 0.2) is 0 Å². The molecule has 0 spiro atoms. The van der Waals surface area contributed by atoms with Gasteiger partial charge < -0.3 is 14.7 Å². The number of aliphatic hydroxyl groups is 1. The molecular weight excluding hydrogens is 260 g/mol. The zero-order chi connectivity index (χ0) is 15.0. The molecule has 6 heteroatoms. The minimum Gasteiger partial charge on any atom is -0.469 e. The molecule has 0 saturated heterocycles. The number of hydrogen-bond donors (Lipinski definition) is 1. The molecule has 1 N–H and O–H groups in total. The molecule has 1 aromatic heterocycles. The fraction of sp³-hybridized carbons (Fsp3) is 0.357. The van der Waals surface area contributed by atoms with Crippen LogP contribution in [0.2, 0.25) is 0 Å². The standard InChI is InChI=1S/C14H16N2O4/c1-16(6-5-13(18)20-2)14(19)12-8-11(4-3-7-17)9-15-10-12/h8-10,17H,5-7H2,1-2H3. The number of ether oxygens (including phenoxy) is 1. The Hall–Kier alpha value is -2.39. The van der Waals surface area contributed by atoms with E-state index < -0.39 is 0 Å². The van der Waals surface area contributed by atoms with Crippen LogP contribution in [-0.2, 0) is 9.53 Å². The second-order valence-electron chi connectivity index (χ2n) is 3.98. The average molecular weight is 276 g/mol. The van der Waals surface area contributed by atoms with Crippen LogP contribution in [-0.4, -0.2) is 54.2 Å². The first-order chi connectivity index (χ1) is 9.58. The summed E-state index contributed by atoms with van der Waals surface area (Å²) in [4.78, 5) is 28.5. The predicted molar refractivity (Wildman–Crippen MR) is 71.8 cm³/mol. The molecule has 1 amide bonds. The van der Waals surface area contributed by atoms with Crippen LogP contribution >= 0.6 is 0 Å². The van der Waals surface area contributed by atoms with E-state index >= 15 is 0 Å². The quantitative estimate of drug-likeness (QED) is 0.621. The van der Waals surface area contributed by atoms with Crippen molar-refractivity contribution in [1.29, 1.82) is 0 Å². The third-order valence-electron chi connectivity index (χ3n) is 2.52. The summed E-state index contributed by atoms with van der Waals surface area (Å²) in [5.41, 5.74) is 0.924. The molecule has 0 saturated carbocycles. The lowest BCUT2D eigenvalue weighted by molar-refractivity contribution is -0.140. The molecule has 6 nitrogen and oxygen atoms in total. The molecule has 0 aliphatic heterocycles. The summed E-state index contributed by atoms with van der Waals surface area (Å²) < 4.78 is 4.52. The summed E-state index contributed by atoms with van der Waals surface area (Å²) in [6, 6.07) is 1.59. The maximum absolute atomic E-state index is 12.1. The Labute approximate surface area is 117 Å². The fourth-order valence-electron chi connectivity index (χ4n) is 1.45. The van der Waals surface area contributed by atoms with Crippen LogP contribution in [0.4, 0.5) is 0 Å². The van der Waals surface area contributed by atoms with E-state index in [0.717, 1.165) is 0 Å². The molecule has 1 aromatic rings. The van der Waals surface area contributed by atoms with Crippen LogP contribution in [0.1, 0.15) is 22.3 Å². The van der Waals surface area contributed by atoms with E-state index in [4.69, 9.17) is 5.11 Å². The summed E-state index contributed by atoms with van der Waals surface area (Å²) in [5, 5.41) is 8.63. The van der Waals surface area contributed by atoms with Crippen LogP contribution in [0, 0.1) is 11.8 Å². The van der Waals surface area contributed by atoms with E-state index in [0.29, 0.717) is 11.1 Å². The molecule has 106 valence electrons. The average Bonchev–Trinajstić information content (AvgIpc) is 2.49. The zero-order valence-corrected chi connectivity index (χ0v) is 11.4. The number of carbonyl (C=O) groups excluding carboxylic acids is 2. The Morgan fingerprint density at radius 1 is 1.45 bits per heavy atom. The van der Waals surface area contributed by atoms with Gasteiger partial charge in [0.2, 0.25) is 0 Å². The van der Waals surface area contributed by atoms with Crippen molar-refractivity contribution in [3.63, 3.8) is 0 Å². The Bertz CT molecular complexity index is 546. The number of aromatic nitrogens is 1. The van der Waals surface area contributed by atoms with Gasteiger partial charge in [-0.05, 0) is 6.07 Å². The molecule has 0 aromatic carbocycles. The maximum atomic E-state index is 12.1. The molecule has 0 atom stereocenters. The number of rotatable bonds is 4. The second kappa shape index (κ2) is 7.92. The maximum Gasteiger partial charge on any atom is 0.307 e. The van der Waals surface area contributed by atoms with Crippen LogP contribution in [0.15, 0.2) is 18.5 Å². The van der Waals surface area contributed by atoms with Crippen molar-refractivity contribution in [2.75, 3.05) is 27.3 Å². The van der Waals surface area contributed by atoms with Crippen LogP contribution < -0.4 is 0 Å². The van der Waals surface area contributed by atoms with Crippen LogP contribution in [0.25, 0.3) is 0 Å². The van der Waals surface area contributed by atoms with E-state index in [1.54, 1.807) is 13.1 Å². The minimum absolute atomic E-state index is 0.135. The number of nitrogens with zero attached hydrogens (tertiary/aromatic N) is 2. The molecular formula is C14H16N2O4. The Morgan fingerprint density at radius 3 is 2.85 bits per heavy atom. The van der Waals surface area contributed by atoms with Gasteiger partial charge in [0.05, 0.1) is 19.1 Å². The topological polar surface area (TPSA) is 79.7 Å². The summed E-state index contributed by atoms with van der Waals surface area (Å²) in [6.07, 6.45) is 3.07. The monoisotopic (exact) mass is 276 g/mol. The van der Waals surface area contributed by atoms with Gasteiger partial charge >= 0.3 is 5.97 Å². The number of amides is 1. The number of methoxy groups -OCH3 is 1. The van der Waals surface area contributed by atoms with Gasteiger partial charge in [-0.1, -0.05) is 11.8 Å². The van der Waals surface area contributed by atoms with Crippen molar-refractivity contribution >= 4 is 11.9 Å². The number of esters is 1. The molecule has 0 aliphatic rings. The summed E-state index contributed by atoms with van der Waals surface area (Å²) in [6.45, 7) is 0.00919. The number of aliphatic hydroxyl groups excluding tert-OH is 1. The molecule has 0 bridgehead atoms. The molecule has 0 radical (unpaired) electrons. The van der Waals surface area contributed by atoms with Gasteiger partial charge in [-0.25, -0.2) is 0 Å². The largest absolute Gasteiger partial charge is 0.469 e. The van der Waals surface area contributed by atoms with Crippen molar-refractivity contribution in [1.82, 2.24) is 9.88 Å².